The van der Waals surface area contributed by atoms with Gasteiger partial charge in [0.2, 0.25) is 0 Å². The molecule has 2 heterocycles. The molecule has 0 fully saturated rings. The highest BCUT2D eigenvalue weighted by Gasteiger charge is 2.17. The van der Waals surface area contributed by atoms with Crippen LogP contribution in [0.4, 0.5) is 0 Å². The zero-order valence-electron chi connectivity index (χ0n) is 15.8. The van der Waals surface area contributed by atoms with Gasteiger partial charge < -0.3 is 14.3 Å². The Labute approximate surface area is 176 Å². The molecule has 0 bridgehead atoms. The minimum absolute atomic E-state index is 0.118. The van der Waals surface area contributed by atoms with Crippen molar-refractivity contribution in [2.24, 2.45) is 7.05 Å². The van der Waals surface area contributed by atoms with E-state index < -0.39 is 0 Å². The van der Waals surface area contributed by atoms with Gasteiger partial charge in [0.05, 0.1) is 21.2 Å². The second kappa shape index (κ2) is 8.26. The number of aromatic nitrogens is 5. The van der Waals surface area contributed by atoms with E-state index in [1.54, 1.807) is 18.2 Å². The van der Waals surface area contributed by atoms with Crippen molar-refractivity contribution in [1.82, 2.24) is 24.7 Å². The summed E-state index contributed by atoms with van der Waals surface area (Å²) in [5.41, 5.74) is 0.523. The lowest BCUT2D eigenvalue weighted by Gasteiger charge is -2.11. The second-order valence-electron chi connectivity index (χ2n) is 6.41. The number of nitrogens with zero attached hydrogens (tertiary/aromatic N) is 4. The highest BCUT2D eigenvalue weighted by atomic mass is 35.5. The van der Waals surface area contributed by atoms with Crippen LogP contribution in [-0.2, 0) is 13.7 Å². The molecule has 4 aromatic rings. The molecular weight excluding hydrogens is 410 g/mol. The average Bonchev–Trinajstić information content (AvgIpc) is 3.07. The second-order valence-corrected chi connectivity index (χ2v) is 8.12. The van der Waals surface area contributed by atoms with Crippen molar-refractivity contribution >= 4 is 34.3 Å². The molecule has 1 atom stereocenters. The van der Waals surface area contributed by atoms with Crippen LogP contribution in [0.25, 0.3) is 10.9 Å². The number of rotatable bonds is 6. The molecular formula is C20H18ClN5O2S. The van der Waals surface area contributed by atoms with Gasteiger partial charge in [-0.05, 0) is 31.2 Å². The summed E-state index contributed by atoms with van der Waals surface area (Å²) in [5.74, 6) is 1.85. The number of para-hydroxylation sites is 2. The number of fused-ring (bicyclic) bond motifs is 1. The lowest BCUT2D eigenvalue weighted by molar-refractivity contribution is 0.290. The molecule has 7 nitrogen and oxygen atoms in total. The van der Waals surface area contributed by atoms with E-state index in [4.69, 9.17) is 16.3 Å². The summed E-state index contributed by atoms with van der Waals surface area (Å²) in [7, 11) is 1.87. The third-order valence-corrected chi connectivity index (χ3v) is 5.87. The van der Waals surface area contributed by atoms with Crippen LogP contribution >= 0.6 is 23.4 Å². The molecule has 0 radical (unpaired) electrons. The van der Waals surface area contributed by atoms with Crippen LogP contribution in [0.2, 0.25) is 5.02 Å². The summed E-state index contributed by atoms with van der Waals surface area (Å²) in [5, 5.41) is 10.2. The summed E-state index contributed by atoms with van der Waals surface area (Å²) in [6, 6.07) is 14.6. The summed E-state index contributed by atoms with van der Waals surface area (Å²) in [6.45, 7) is 2.21. The molecule has 0 saturated carbocycles. The number of hydrogen-bond acceptors (Lipinski definition) is 6. The Morgan fingerprint density at radius 2 is 1.93 bits per heavy atom. The zero-order chi connectivity index (χ0) is 20.4. The maximum absolute atomic E-state index is 12.3. The number of halogens is 1. The van der Waals surface area contributed by atoms with Gasteiger partial charge in [-0.25, -0.2) is 4.98 Å². The molecule has 2 aromatic heterocycles. The number of hydrogen-bond donors (Lipinski definition) is 1. The third kappa shape index (κ3) is 4.13. The monoisotopic (exact) mass is 427 g/mol. The Morgan fingerprint density at radius 1 is 1.17 bits per heavy atom. The quantitative estimate of drug-likeness (QED) is 0.465. The first-order chi connectivity index (χ1) is 14.0. The van der Waals surface area contributed by atoms with Gasteiger partial charge in [-0.1, -0.05) is 47.6 Å². The average molecular weight is 428 g/mol. The predicted octanol–water partition coefficient (Wildman–Crippen LogP) is 4.14. The molecule has 0 aliphatic heterocycles. The lowest BCUT2D eigenvalue weighted by atomic mass is 10.2. The van der Waals surface area contributed by atoms with Crippen LogP contribution in [0.3, 0.4) is 0 Å². The number of H-pyrrole nitrogens is 1. The lowest BCUT2D eigenvalue weighted by Crippen LogP contribution is -2.13. The molecule has 0 aliphatic carbocycles. The van der Waals surface area contributed by atoms with E-state index in [0.717, 1.165) is 0 Å². The molecule has 9 heteroatoms. The van der Waals surface area contributed by atoms with Gasteiger partial charge in [0, 0.05) is 7.05 Å². The maximum Gasteiger partial charge on any atom is 0.258 e. The molecule has 1 N–H and O–H groups in total. The van der Waals surface area contributed by atoms with Crippen LogP contribution in [0.5, 0.6) is 5.75 Å². The number of aromatic amines is 1. The Bertz CT molecular complexity index is 1220. The normalized spacial score (nSPS) is 12.2. The third-order valence-electron chi connectivity index (χ3n) is 4.42. The van der Waals surface area contributed by atoms with E-state index in [2.05, 4.69) is 20.2 Å². The Morgan fingerprint density at radius 3 is 2.76 bits per heavy atom. The van der Waals surface area contributed by atoms with Gasteiger partial charge in [0.1, 0.15) is 18.2 Å². The zero-order valence-corrected chi connectivity index (χ0v) is 17.4. The van der Waals surface area contributed by atoms with Crippen LogP contribution in [0.1, 0.15) is 23.8 Å². The van der Waals surface area contributed by atoms with Gasteiger partial charge in [-0.15, -0.1) is 10.2 Å². The fraction of sp³-hybridized carbons (Fsp3) is 0.200. The van der Waals surface area contributed by atoms with Gasteiger partial charge in [-0.3, -0.25) is 4.79 Å². The first-order valence-electron chi connectivity index (χ1n) is 8.94. The van der Waals surface area contributed by atoms with E-state index in [-0.39, 0.29) is 17.4 Å². The minimum Gasteiger partial charge on any atom is -0.484 e. The fourth-order valence-corrected chi connectivity index (χ4v) is 3.87. The van der Waals surface area contributed by atoms with Crippen molar-refractivity contribution < 1.29 is 4.74 Å². The van der Waals surface area contributed by atoms with Crippen LogP contribution < -0.4 is 10.3 Å². The number of ether oxygens (including phenoxy) is 1. The Balaban J connectivity index is 1.50. The van der Waals surface area contributed by atoms with E-state index in [1.807, 2.05) is 48.9 Å². The van der Waals surface area contributed by atoms with Crippen LogP contribution in [-0.4, -0.2) is 24.7 Å². The number of benzene rings is 2. The minimum atomic E-state index is -0.148. The summed E-state index contributed by atoms with van der Waals surface area (Å²) in [6.07, 6.45) is 0. The molecule has 2 aromatic carbocycles. The van der Waals surface area contributed by atoms with Gasteiger partial charge in [-0.2, -0.15) is 0 Å². The standard InChI is InChI=1S/C20H18ClN5O2S/c1-12(18-22-15-9-5-3-7-13(15)19(27)23-18)29-20-25-24-17(26(20)2)11-28-16-10-6-4-8-14(16)21/h3-10,12H,11H2,1-2H3,(H,22,23,27). The highest BCUT2D eigenvalue weighted by molar-refractivity contribution is 7.99. The first kappa shape index (κ1) is 19.5. The van der Waals surface area contributed by atoms with Gasteiger partial charge in [0.15, 0.2) is 11.0 Å². The molecule has 4 rings (SSSR count). The van der Waals surface area contributed by atoms with Crippen molar-refractivity contribution in [3.05, 3.63) is 75.6 Å². The van der Waals surface area contributed by atoms with E-state index in [1.165, 1.54) is 11.8 Å². The fourth-order valence-electron chi connectivity index (χ4n) is 2.79. The molecule has 0 aliphatic rings. The Hall–Kier alpha value is -2.84. The molecule has 0 amide bonds. The maximum atomic E-state index is 12.3. The highest BCUT2D eigenvalue weighted by Crippen LogP contribution is 2.32. The van der Waals surface area contributed by atoms with Gasteiger partial charge in [0.25, 0.3) is 5.56 Å². The largest absolute Gasteiger partial charge is 0.484 e. The summed E-state index contributed by atoms with van der Waals surface area (Å²) < 4.78 is 7.60. The van der Waals surface area contributed by atoms with Crippen molar-refractivity contribution in [3.8, 4) is 5.75 Å². The molecule has 148 valence electrons. The summed E-state index contributed by atoms with van der Waals surface area (Å²) in [4.78, 5) is 19.8. The van der Waals surface area contributed by atoms with Crippen molar-refractivity contribution in [3.63, 3.8) is 0 Å². The smallest absolute Gasteiger partial charge is 0.258 e. The number of nitrogens with one attached hydrogen (secondary N) is 1. The molecule has 29 heavy (non-hydrogen) atoms. The van der Waals surface area contributed by atoms with E-state index in [9.17, 15) is 4.79 Å². The molecule has 0 saturated heterocycles. The predicted molar refractivity (Wildman–Crippen MR) is 113 cm³/mol. The van der Waals surface area contributed by atoms with E-state index >= 15 is 0 Å². The SMILES string of the molecule is CC(Sc1nnc(COc2ccccc2Cl)n1C)c1nc2ccccc2c(=O)[nH]1. The van der Waals surface area contributed by atoms with Crippen LogP contribution in [0.15, 0.2) is 58.5 Å². The van der Waals surface area contributed by atoms with Crippen molar-refractivity contribution in [2.45, 2.75) is 23.9 Å². The first-order valence-corrected chi connectivity index (χ1v) is 10.2. The molecule has 1 unspecified atom stereocenters. The number of thioether (sulfide) groups is 1. The van der Waals surface area contributed by atoms with E-state index in [0.29, 0.717) is 38.5 Å². The van der Waals surface area contributed by atoms with Crippen molar-refractivity contribution in [1.29, 1.82) is 0 Å². The van der Waals surface area contributed by atoms with Crippen LogP contribution in [0, 0.1) is 0 Å². The van der Waals surface area contributed by atoms with Crippen molar-refractivity contribution in [2.75, 3.05) is 0 Å². The molecule has 0 spiro atoms. The topological polar surface area (TPSA) is 85.7 Å². The Kier molecular flexibility index (Phi) is 5.55. The summed E-state index contributed by atoms with van der Waals surface area (Å²) >= 11 is 7.58. The van der Waals surface area contributed by atoms with Gasteiger partial charge >= 0.3 is 0 Å².